The van der Waals surface area contributed by atoms with Crippen LogP contribution in [0.15, 0.2) is 29.6 Å². The van der Waals surface area contributed by atoms with Gasteiger partial charge in [0, 0.05) is 17.4 Å². The minimum Gasteiger partial charge on any atom is -0.272 e. The van der Waals surface area contributed by atoms with Gasteiger partial charge in [0.05, 0.1) is 11.2 Å². The highest BCUT2D eigenvalue weighted by Gasteiger charge is 2.24. The van der Waals surface area contributed by atoms with E-state index in [2.05, 4.69) is 9.97 Å². The zero-order valence-corrected chi connectivity index (χ0v) is 14.4. The van der Waals surface area contributed by atoms with E-state index in [1.807, 2.05) is 10.3 Å². The molecule has 2 rings (SSSR count). The molecule has 0 aliphatic rings. The number of aromatic nitrogens is 2. The number of carbonyl (C=O) groups is 1. The van der Waals surface area contributed by atoms with E-state index in [9.17, 15) is 13.2 Å². The Hall–Kier alpha value is -1.74. The van der Waals surface area contributed by atoms with Gasteiger partial charge in [0.2, 0.25) is 0 Å². The average Bonchev–Trinajstić information content (AvgIpc) is 2.51. The number of nitrogens with zero attached hydrogens (tertiary/aromatic N) is 2. The summed E-state index contributed by atoms with van der Waals surface area (Å²) < 4.78 is 24.8. The second-order valence-electron chi connectivity index (χ2n) is 4.59. The summed E-state index contributed by atoms with van der Waals surface area (Å²) in [6.07, 6.45) is 3.90. The lowest BCUT2D eigenvalue weighted by Crippen LogP contribution is -2.42. The highest BCUT2D eigenvalue weighted by atomic mass is 35.5. The summed E-state index contributed by atoms with van der Waals surface area (Å²) >= 11 is 12.1. The quantitative estimate of drug-likeness (QED) is 0.797. The molecule has 0 atom stereocenters. The van der Waals surface area contributed by atoms with E-state index >= 15 is 0 Å². The van der Waals surface area contributed by atoms with Crippen molar-refractivity contribution in [2.75, 3.05) is 0 Å². The van der Waals surface area contributed by atoms with Gasteiger partial charge in [-0.05, 0) is 31.0 Å². The zero-order valence-electron chi connectivity index (χ0n) is 12.1. The molecule has 0 saturated carbocycles. The van der Waals surface area contributed by atoms with E-state index in [-0.39, 0.29) is 26.2 Å². The molecule has 0 unspecified atom stereocenters. The molecule has 0 radical (unpaired) electrons. The fraction of sp³-hybridized carbons (Fsp3) is 0.154. The first kappa shape index (κ1) is 17.6. The maximum Gasteiger partial charge on any atom is 0.286 e. The Labute approximate surface area is 143 Å². The Balaban J connectivity index is 2.29. The zero-order chi connectivity index (χ0) is 17.2. The normalized spacial score (nSPS) is 11.3. The number of sulfonamides is 1. The summed E-state index contributed by atoms with van der Waals surface area (Å²) in [5, 5.41) is 0.292. The minimum absolute atomic E-state index is 0.0353. The standard InChI is InChI=1S/C13H12Cl2N4O3S/c1-7-5-9(14)8(2)12(11(7)15)23(21,22)19-18-13(20)10-6-16-3-4-17-10/h3-6,19H,1-2H3,(H,18,20). The molecule has 2 N–H and O–H groups in total. The van der Waals surface area contributed by atoms with E-state index in [0.29, 0.717) is 5.56 Å². The van der Waals surface area contributed by atoms with Crippen LogP contribution in [0.3, 0.4) is 0 Å². The summed E-state index contributed by atoms with van der Waals surface area (Å²) in [6.45, 7) is 3.15. The molecule has 0 aliphatic carbocycles. The molecule has 1 aromatic heterocycles. The third kappa shape index (κ3) is 3.78. The first-order chi connectivity index (χ1) is 10.7. The van der Waals surface area contributed by atoms with Gasteiger partial charge in [-0.15, -0.1) is 4.83 Å². The van der Waals surface area contributed by atoms with Crippen LogP contribution in [0.5, 0.6) is 0 Å². The van der Waals surface area contributed by atoms with Gasteiger partial charge in [0.25, 0.3) is 15.9 Å². The number of rotatable bonds is 4. The predicted octanol–water partition coefficient (Wildman–Crippen LogP) is 2.02. The largest absolute Gasteiger partial charge is 0.286 e. The minimum atomic E-state index is -4.12. The third-order valence-corrected chi connectivity index (χ3v) is 5.36. The van der Waals surface area contributed by atoms with Gasteiger partial charge in [-0.2, -0.15) is 0 Å². The Morgan fingerprint density at radius 3 is 2.52 bits per heavy atom. The van der Waals surface area contributed by atoms with Crippen LogP contribution in [0, 0.1) is 13.8 Å². The van der Waals surface area contributed by atoms with Gasteiger partial charge in [-0.1, -0.05) is 23.2 Å². The van der Waals surface area contributed by atoms with E-state index in [4.69, 9.17) is 23.2 Å². The van der Waals surface area contributed by atoms with Gasteiger partial charge in [-0.25, -0.2) is 13.4 Å². The molecule has 2 aromatic rings. The van der Waals surface area contributed by atoms with Gasteiger partial charge in [-0.3, -0.25) is 15.2 Å². The number of amides is 1. The number of hydrogen-bond acceptors (Lipinski definition) is 5. The number of halogens is 2. The molecule has 7 nitrogen and oxygen atoms in total. The highest BCUT2D eigenvalue weighted by molar-refractivity contribution is 7.89. The van der Waals surface area contributed by atoms with E-state index in [1.165, 1.54) is 25.5 Å². The predicted molar refractivity (Wildman–Crippen MR) is 85.8 cm³/mol. The van der Waals surface area contributed by atoms with Crippen LogP contribution in [0.2, 0.25) is 10.0 Å². The molecule has 1 amide bonds. The summed E-state index contributed by atoms with van der Waals surface area (Å²) in [4.78, 5) is 21.1. The molecular formula is C13H12Cl2N4O3S. The molecular weight excluding hydrogens is 363 g/mol. The lowest BCUT2D eigenvalue weighted by Gasteiger charge is -2.14. The smallest absolute Gasteiger partial charge is 0.272 e. The summed E-state index contributed by atoms with van der Waals surface area (Å²) in [7, 11) is -4.12. The Morgan fingerprint density at radius 2 is 1.91 bits per heavy atom. The van der Waals surface area contributed by atoms with Crippen molar-refractivity contribution in [3.8, 4) is 0 Å². The fourth-order valence-corrected chi connectivity index (χ4v) is 3.83. The SMILES string of the molecule is Cc1cc(Cl)c(C)c(S(=O)(=O)NNC(=O)c2cnccn2)c1Cl. The molecule has 10 heteroatoms. The number of hydrogen-bond donors (Lipinski definition) is 2. The number of nitrogens with one attached hydrogen (secondary N) is 2. The number of aryl methyl sites for hydroxylation is 1. The number of carbonyl (C=O) groups excluding carboxylic acids is 1. The van der Waals surface area contributed by atoms with Crippen LogP contribution >= 0.6 is 23.2 Å². The maximum absolute atomic E-state index is 12.4. The van der Waals surface area contributed by atoms with E-state index in [1.54, 1.807) is 13.0 Å². The Morgan fingerprint density at radius 1 is 1.22 bits per heavy atom. The molecule has 0 spiro atoms. The van der Waals surface area contributed by atoms with E-state index in [0.717, 1.165) is 0 Å². The lowest BCUT2D eigenvalue weighted by molar-refractivity contribution is 0.0939. The van der Waals surface area contributed by atoms with Crippen molar-refractivity contribution in [1.82, 2.24) is 20.2 Å². The van der Waals surface area contributed by atoms with Crippen molar-refractivity contribution in [1.29, 1.82) is 0 Å². The van der Waals surface area contributed by atoms with Crippen LogP contribution in [0.4, 0.5) is 0 Å². The van der Waals surface area contributed by atoms with Crippen LogP contribution in [-0.4, -0.2) is 24.3 Å². The van der Waals surface area contributed by atoms with Gasteiger partial charge < -0.3 is 0 Å². The summed E-state index contributed by atoms with van der Waals surface area (Å²) in [5.74, 6) is -0.755. The molecule has 0 bridgehead atoms. The van der Waals surface area contributed by atoms with Crippen LogP contribution in [0.25, 0.3) is 0 Å². The topological polar surface area (TPSA) is 101 Å². The third-order valence-electron chi connectivity index (χ3n) is 2.95. The summed E-state index contributed by atoms with van der Waals surface area (Å²) in [6, 6.07) is 1.57. The average molecular weight is 375 g/mol. The van der Waals surface area contributed by atoms with Crippen molar-refractivity contribution in [3.63, 3.8) is 0 Å². The molecule has 0 saturated heterocycles. The van der Waals surface area contributed by atoms with Crippen molar-refractivity contribution in [2.24, 2.45) is 0 Å². The van der Waals surface area contributed by atoms with Gasteiger partial charge in [0.1, 0.15) is 10.6 Å². The van der Waals surface area contributed by atoms with Gasteiger partial charge >= 0.3 is 0 Å². The van der Waals surface area contributed by atoms with Crippen molar-refractivity contribution < 1.29 is 13.2 Å². The second-order valence-corrected chi connectivity index (χ2v) is 7.00. The van der Waals surface area contributed by atoms with Crippen molar-refractivity contribution in [2.45, 2.75) is 18.7 Å². The molecule has 1 aromatic carbocycles. The lowest BCUT2D eigenvalue weighted by atomic mass is 10.2. The number of benzene rings is 1. The van der Waals surface area contributed by atoms with E-state index < -0.39 is 15.9 Å². The molecule has 1 heterocycles. The monoisotopic (exact) mass is 374 g/mol. The molecule has 0 aliphatic heterocycles. The molecule has 23 heavy (non-hydrogen) atoms. The van der Waals surface area contributed by atoms with Crippen LogP contribution < -0.4 is 10.3 Å². The fourth-order valence-electron chi connectivity index (χ4n) is 1.78. The Kier molecular flexibility index (Phi) is 5.20. The van der Waals surface area contributed by atoms with Gasteiger partial charge in [0.15, 0.2) is 0 Å². The second kappa shape index (κ2) is 6.79. The first-order valence-corrected chi connectivity index (χ1v) is 8.51. The van der Waals surface area contributed by atoms with Crippen molar-refractivity contribution in [3.05, 3.63) is 51.5 Å². The maximum atomic E-state index is 12.4. The van der Waals surface area contributed by atoms with Crippen molar-refractivity contribution >= 4 is 39.1 Å². The van der Waals surface area contributed by atoms with Crippen LogP contribution in [-0.2, 0) is 10.0 Å². The highest BCUT2D eigenvalue weighted by Crippen LogP contribution is 2.33. The molecule has 122 valence electrons. The first-order valence-electron chi connectivity index (χ1n) is 6.27. The Bertz CT molecular complexity index is 831. The molecule has 0 fully saturated rings. The number of hydrazine groups is 1. The van der Waals surface area contributed by atoms with Crippen LogP contribution in [0.1, 0.15) is 21.6 Å². The summed E-state index contributed by atoms with van der Waals surface area (Å²) in [5.41, 5.74) is 2.79.